The highest BCUT2D eigenvalue weighted by molar-refractivity contribution is 5.82. The van der Waals surface area contributed by atoms with Crippen molar-refractivity contribution in [3.05, 3.63) is 0 Å². The summed E-state index contributed by atoms with van der Waals surface area (Å²) in [6.07, 6.45) is 0.319. The molecule has 13 heavy (non-hydrogen) atoms. The van der Waals surface area contributed by atoms with Gasteiger partial charge in [0.1, 0.15) is 0 Å². The molecule has 0 aromatic carbocycles. The monoisotopic (exact) mass is 186 g/mol. The first kappa shape index (κ1) is 10.5. The molecule has 76 valence electrons. The van der Waals surface area contributed by atoms with Crippen LogP contribution in [0.2, 0.25) is 0 Å². The molecule has 0 saturated carbocycles. The molecule has 1 amide bonds. The number of likely N-dealkylation sites (tertiary alicyclic amines) is 1. The molecular weight excluding hydrogens is 168 g/mol. The average molecular weight is 186 g/mol. The maximum absolute atomic E-state index is 11.6. The molecule has 1 heterocycles. The van der Waals surface area contributed by atoms with Crippen molar-refractivity contribution >= 4 is 5.91 Å². The van der Waals surface area contributed by atoms with Gasteiger partial charge < -0.3 is 15.7 Å². The first-order chi connectivity index (χ1) is 6.02. The number of hydrogen-bond donors (Lipinski definition) is 2. The van der Waals surface area contributed by atoms with Crippen LogP contribution in [-0.4, -0.2) is 41.1 Å². The predicted molar refractivity (Wildman–Crippen MR) is 50.0 cm³/mol. The van der Waals surface area contributed by atoms with E-state index in [4.69, 9.17) is 5.73 Å². The number of hydrogen-bond acceptors (Lipinski definition) is 3. The molecule has 0 aromatic heterocycles. The zero-order valence-electron chi connectivity index (χ0n) is 8.23. The third-order valence-electron chi connectivity index (χ3n) is 2.48. The first-order valence-corrected chi connectivity index (χ1v) is 4.74. The molecule has 0 spiro atoms. The maximum atomic E-state index is 11.6. The van der Waals surface area contributed by atoms with Crippen LogP contribution in [0.15, 0.2) is 0 Å². The van der Waals surface area contributed by atoms with E-state index in [1.165, 1.54) is 0 Å². The SMILES string of the molecule is CC(C)[C@H](N)C(=O)N1CC[C@@H](O)C1. The molecule has 4 heteroatoms. The molecule has 0 unspecified atom stereocenters. The van der Waals surface area contributed by atoms with Gasteiger partial charge in [0.05, 0.1) is 12.1 Å². The van der Waals surface area contributed by atoms with E-state index in [2.05, 4.69) is 0 Å². The third kappa shape index (κ3) is 2.42. The molecule has 1 aliphatic rings. The van der Waals surface area contributed by atoms with Crippen molar-refractivity contribution in [1.29, 1.82) is 0 Å². The summed E-state index contributed by atoms with van der Waals surface area (Å²) in [4.78, 5) is 13.3. The molecule has 0 aromatic rings. The fraction of sp³-hybridized carbons (Fsp3) is 0.889. The van der Waals surface area contributed by atoms with Crippen LogP contribution in [0.4, 0.5) is 0 Å². The van der Waals surface area contributed by atoms with E-state index in [1.54, 1.807) is 4.90 Å². The normalized spacial score (nSPS) is 25.3. The molecule has 0 aliphatic carbocycles. The van der Waals surface area contributed by atoms with Crippen molar-refractivity contribution in [3.8, 4) is 0 Å². The molecule has 4 nitrogen and oxygen atoms in total. The molecule has 1 aliphatic heterocycles. The number of aliphatic hydroxyl groups excluding tert-OH is 1. The lowest BCUT2D eigenvalue weighted by Gasteiger charge is -2.22. The molecule has 1 fully saturated rings. The van der Waals surface area contributed by atoms with Crippen molar-refractivity contribution in [1.82, 2.24) is 4.90 Å². The molecule has 1 rings (SSSR count). The average Bonchev–Trinajstić information content (AvgIpc) is 2.49. The minimum absolute atomic E-state index is 0.0356. The number of nitrogens with two attached hydrogens (primary N) is 1. The van der Waals surface area contributed by atoms with Crippen LogP contribution in [0.5, 0.6) is 0 Å². The van der Waals surface area contributed by atoms with E-state index in [0.717, 1.165) is 0 Å². The van der Waals surface area contributed by atoms with Crippen molar-refractivity contribution < 1.29 is 9.90 Å². The van der Waals surface area contributed by atoms with Crippen LogP contribution >= 0.6 is 0 Å². The van der Waals surface area contributed by atoms with Crippen LogP contribution in [0, 0.1) is 5.92 Å². The predicted octanol–water partition coefficient (Wildman–Crippen LogP) is -0.437. The molecule has 1 saturated heterocycles. The van der Waals surface area contributed by atoms with Gasteiger partial charge in [-0.15, -0.1) is 0 Å². The second-order valence-corrected chi connectivity index (χ2v) is 4.00. The summed E-state index contributed by atoms with van der Waals surface area (Å²) in [6, 6.07) is -0.426. The first-order valence-electron chi connectivity index (χ1n) is 4.74. The van der Waals surface area contributed by atoms with Gasteiger partial charge in [0.25, 0.3) is 0 Å². The summed E-state index contributed by atoms with van der Waals surface area (Å²) in [5.41, 5.74) is 5.71. The van der Waals surface area contributed by atoms with Crippen LogP contribution in [0.25, 0.3) is 0 Å². The molecule has 0 radical (unpaired) electrons. The highest BCUT2D eigenvalue weighted by atomic mass is 16.3. The number of aliphatic hydroxyl groups is 1. The quantitative estimate of drug-likeness (QED) is 0.614. The van der Waals surface area contributed by atoms with E-state index in [0.29, 0.717) is 19.5 Å². The van der Waals surface area contributed by atoms with Crippen molar-refractivity contribution in [2.24, 2.45) is 11.7 Å². The Kier molecular flexibility index (Phi) is 3.27. The van der Waals surface area contributed by atoms with Gasteiger partial charge >= 0.3 is 0 Å². The number of nitrogens with zero attached hydrogens (tertiary/aromatic N) is 1. The van der Waals surface area contributed by atoms with Crippen LogP contribution in [0.1, 0.15) is 20.3 Å². The lowest BCUT2D eigenvalue weighted by molar-refractivity contribution is -0.132. The van der Waals surface area contributed by atoms with E-state index >= 15 is 0 Å². The zero-order valence-corrected chi connectivity index (χ0v) is 8.23. The summed E-state index contributed by atoms with van der Waals surface area (Å²) in [5.74, 6) is 0.122. The second kappa shape index (κ2) is 4.07. The Labute approximate surface area is 78.7 Å². The number of carbonyl (C=O) groups excluding carboxylic acids is 1. The van der Waals surface area contributed by atoms with Gasteiger partial charge in [0.2, 0.25) is 5.91 Å². The van der Waals surface area contributed by atoms with Crippen LogP contribution in [0.3, 0.4) is 0 Å². The van der Waals surface area contributed by atoms with Crippen LogP contribution in [-0.2, 0) is 4.79 Å². The minimum Gasteiger partial charge on any atom is -0.391 e. The van der Waals surface area contributed by atoms with Gasteiger partial charge in [-0.3, -0.25) is 4.79 Å². The number of rotatable bonds is 2. The van der Waals surface area contributed by atoms with Gasteiger partial charge in [-0.25, -0.2) is 0 Å². The van der Waals surface area contributed by atoms with Crippen molar-refractivity contribution in [3.63, 3.8) is 0 Å². The largest absolute Gasteiger partial charge is 0.391 e. The summed E-state index contributed by atoms with van der Waals surface area (Å²) in [7, 11) is 0. The Morgan fingerprint density at radius 1 is 1.62 bits per heavy atom. The lowest BCUT2D eigenvalue weighted by atomic mass is 10.0. The standard InChI is InChI=1S/C9H18N2O2/c1-6(2)8(10)9(13)11-4-3-7(12)5-11/h6-8,12H,3-5,10H2,1-2H3/t7-,8+/m1/s1. The van der Waals surface area contributed by atoms with E-state index < -0.39 is 6.04 Å². The van der Waals surface area contributed by atoms with Crippen molar-refractivity contribution in [2.45, 2.75) is 32.4 Å². The third-order valence-corrected chi connectivity index (χ3v) is 2.48. The highest BCUT2D eigenvalue weighted by Crippen LogP contribution is 2.12. The summed E-state index contributed by atoms with van der Waals surface area (Å²) in [6.45, 7) is 4.93. The lowest BCUT2D eigenvalue weighted by Crippen LogP contribution is -2.45. The summed E-state index contributed by atoms with van der Waals surface area (Å²) in [5, 5.41) is 9.23. The Hall–Kier alpha value is -0.610. The summed E-state index contributed by atoms with van der Waals surface area (Å²) < 4.78 is 0. The highest BCUT2D eigenvalue weighted by Gasteiger charge is 2.29. The zero-order chi connectivity index (χ0) is 10.0. The number of amides is 1. The van der Waals surface area contributed by atoms with Gasteiger partial charge in [-0.1, -0.05) is 13.8 Å². The maximum Gasteiger partial charge on any atom is 0.239 e. The fourth-order valence-corrected chi connectivity index (χ4v) is 1.44. The van der Waals surface area contributed by atoms with E-state index in [9.17, 15) is 9.90 Å². The van der Waals surface area contributed by atoms with Gasteiger partial charge in [-0.05, 0) is 12.3 Å². The van der Waals surface area contributed by atoms with Gasteiger partial charge in [-0.2, -0.15) is 0 Å². The second-order valence-electron chi connectivity index (χ2n) is 4.00. The smallest absolute Gasteiger partial charge is 0.239 e. The van der Waals surface area contributed by atoms with Gasteiger partial charge in [0, 0.05) is 13.1 Å². The summed E-state index contributed by atoms with van der Waals surface area (Å²) >= 11 is 0. The van der Waals surface area contributed by atoms with Crippen molar-refractivity contribution in [2.75, 3.05) is 13.1 Å². The topological polar surface area (TPSA) is 66.6 Å². The molecule has 3 N–H and O–H groups in total. The number of β-amino-alcohol motifs (C(OH)–C–C–N with tert-alkyl or cyclic N) is 1. The Bertz CT molecular complexity index is 194. The molecule has 2 atom stereocenters. The minimum atomic E-state index is -0.426. The van der Waals surface area contributed by atoms with E-state index in [1.807, 2.05) is 13.8 Å². The van der Waals surface area contributed by atoms with E-state index in [-0.39, 0.29) is 17.9 Å². The molecule has 0 bridgehead atoms. The Morgan fingerprint density at radius 3 is 2.62 bits per heavy atom. The fourth-order valence-electron chi connectivity index (χ4n) is 1.44. The Balaban J connectivity index is 2.48. The number of carbonyl (C=O) groups is 1. The Morgan fingerprint density at radius 2 is 2.23 bits per heavy atom. The molecular formula is C9H18N2O2. The van der Waals surface area contributed by atoms with Crippen LogP contribution < -0.4 is 5.73 Å². The van der Waals surface area contributed by atoms with Gasteiger partial charge in [0.15, 0.2) is 0 Å².